The third kappa shape index (κ3) is 8.83. The average Bonchev–Trinajstić information content (AvgIpc) is 2.97. The Morgan fingerprint density at radius 2 is 1.44 bits per heavy atom. The quantitative estimate of drug-likeness (QED) is 0.165. The van der Waals surface area contributed by atoms with Gasteiger partial charge >= 0.3 is 258 Å². The van der Waals surface area contributed by atoms with Crippen LogP contribution in [0.2, 0.25) is 13.3 Å². The van der Waals surface area contributed by atoms with Crippen LogP contribution in [0.3, 0.4) is 0 Å². The summed E-state index contributed by atoms with van der Waals surface area (Å²) in [4.78, 5) is 0.422. The standard InChI is InChI=1S/C24H28NO2S.3C4H9.Sn/c1-19-12-14-23(15-13-19)28(26,27)25-16-8-11-22(18-25)24(3,4)17-20(2)21-9-6-5-7-10-21;3*1-3-4-2;/h5-7,9-15,22H,2,16-18H2,1,3-4H3;3*1,3-4H2,2H3;. The predicted octanol–water partition coefficient (Wildman–Crippen LogP) is 10.1. The van der Waals surface area contributed by atoms with E-state index in [9.17, 15) is 8.42 Å². The van der Waals surface area contributed by atoms with Crippen LogP contribution in [0, 0.1) is 18.3 Å². The Hall–Kier alpha value is -1.37. The molecular weight excluding hydrogens is 629 g/mol. The van der Waals surface area contributed by atoms with Crippen molar-refractivity contribution in [2.24, 2.45) is 11.3 Å². The molecule has 2 aromatic rings. The fourth-order valence-electron chi connectivity index (χ4n) is 6.54. The van der Waals surface area contributed by atoms with E-state index in [-0.39, 0.29) is 11.3 Å². The summed E-state index contributed by atoms with van der Waals surface area (Å²) in [7, 11) is -3.60. The van der Waals surface area contributed by atoms with E-state index in [1.165, 1.54) is 57.4 Å². The van der Waals surface area contributed by atoms with Crippen LogP contribution in [-0.2, 0) is 10.0 Å². The zero-order valence-corrected chi connectivity index (χ0v) is 30.4. The second-order valence-electron chi connectivity index (χ2n) is 13.1. The van der Waals surface area contributed by atoms with E-state index < -0.39 is 28.4 Å². The molecule has 0 aromatic heterocycles. The summed E-state index contributed by atoms with van der Waals surface area (Å²) in [5, 5.41) is 0. The zero-order valence-electron chi connectivity index (χ0n) is 26.7. The molecule has 0 fully saturated rings. The van der Waals surface area contributed by atoms with E-state index in [4.69, 9.17) is 0 Å². The molecule has 41 heavy (non-hydrogen) atoms. The van der Waals surface area contributed by atoms with Crippen molar-refractivity contribution in [3.05, 3.63) is 82.0 Å². The molecule has 3 nitrogen and oxygen atoms in total. The Labute approximate surface area is 256 Å². The van der Waals surface area contributed by atoms with E-state index in [1.54, 1.807) is 15.7 Å². The number of rotatable bonds is 16. The first-order valence-electron chi connectivity index (χ1n) is 16.0. The van der Waals surface area contributed by atoms with Crippen molar-refractivity contribution in [3.8, 4) is 0 Å². The van der Waals surface area contributed by atoms with Gasteiger partial charge in [-0.05, 0) is 0 Å². The van der Waals surface area contributed by atoms with Crippen molar-refractivity contribution in [1.82, 2.24) is 4.31 Å². The Morgan fingerprint density at radius 1 is 0.902 bits per heavy atom. The van der Waals surface area contributed by atoms with Gasteiger partial charge in [-0.25, -0.2) is 0 Å². The monoisotopic (exact) mass is 685 g/mol. The van der Waals surface area contributed by atoms with Crippen LogP contribution in [0.4, 0.5) is 0 Å². The molecule has 1 aliphatic heterocycles. The third-order valence-electron chi connectivity index (χ3n) is 9.37. The molecule has 1 atom stereocenters. The molecule has 0 amide bonds. The van der Waals surface area contributed by atoms with Gasteiger partial charge in [0.15, 0.2) is 0 Å². The summed E-state index contributed by atoms with van der Waals surface area (Å²) in [6, 6.07) is 17.9. The van der Waals surface area contributed by atoms with Gasteiger partial charge in [-0.3, -0.25) is 0 Å². The van der Waals surface area contributed by atoms with E-state index in [0.717, 1.165) is 17.6 Å². The summed E-state index contributed by atoms with van der Waals surface area (Å²) < 4.78 is 35.9. The van der Waals surface area contributed by atoms with Crippen LogP contribution in [0.5, 0.6) is 0 Å². The normalized spacial score (nSPS) is 16.9. The van der Waals surface area contributed by atoms with E-state index in [1.807, 2.05) is 29.4 Å². The van der Waals surface area contributed by atoms with Crippen LogP contribution in [0.25, 0.3) is 5.57 Å². The number of allylic oxidation sites excluding steroid dienone is 1. The van der Waals surface area contributed by atoms with Crippen LogP contribution in [-0.4, -0.2) is 44.2 Å². The molecule has 0 bridgehead atoms. The van der Waals surface area contributed by atoms with E-state index in [2.05, 4.69) is 71.5 Å². The SMILES string of the molecule is C=C(CC(C)(C)C1C=[C]([Sn]([CH2]CCC)([CH2]CCC)[CH2]CCC)CN(S(=O)(=O)c2ccc(C)cc2)C1)c1ccccc1. The second-order valence-corrected chi connectivity index (χ2v) is 28.5. The summed E-state index contributed by atoms with van der Waals surface area (Å²) in [5.41, 5.74) is 3.25. The first-order valence-corrected chi connectivity index (χ1v) is 24.9. The number of unbranched alkanes of at least 4 members (excludes halogenated alkanes) is 3. The van der Waals surface area contributed by atoms with Gasteiger partial charge < -0.3 is 0 Å². The topological polar surface area (TPSA) is 37.4 Å². The maximum atomic E-state index is 14.2. The molecule has 3 rings (SSSR count). The number of benzene rings is 2. The molecule has 0 spiro atoms. The molecule has 1 heterocycles. The number of aryl methyl sites for hydroxylation is 1. The summed E-state index contributed by atoms with van der Waals surface area (Å²) in [6.45, 7) is 19.2. The second kappa shape index (κ2) is 15.4. The Morgan fingerprint density at radius 3 is 1.95 bits per heavy atom. The van der Waals surface area contributed by atoms with Gasteiger partial charge in [0.05, 0.1) is 0 Å². The molecule has 1 unspecified atom stereocenters. The van der Waals surface area contributed by atoms with Crippen LogP contribution < -0.4 is 0 Å². The predicted molar refractivity (Wildman–Crippen MR) is 180 cm³/mol. The molecule has 0 saturated carbocycles. The van der Waals surface area contributed by atoms with E-state index >= 15 is 0 Å². The Bertz CT molecular complexity index is 1230. The molecule has 0 N–H and O–H groups in total. The van der Waals surface area contributed by atoms with Gasteiger partial charge in [0.1, 0.15) is 0 Å². The maximum absolute atomic E-state index is 14.2. The summed E-state index contributed by atoms with van der Waals surface area (Å²) in [6.07, 6.45) is 10.9. The van der Waals surface area contributed by atoms with Crippen molar-refractivity contribution in [1.29, 1.82) is 0 Å². The zero-order chi connectivity index (χ0) is 30.1. The van der Waals surface area contributed by atoms with Crippen molar-refractivity contribution in [3.63, 3.8) is 0 Å². The van der Waals surface area contributed by atoms with Gasteiger partial charge in [-0.15, -0.1) is 0 Å². The molecule has 0 saturated heterocycles. The number of sulfonamides is 1. The first kappa shape index (κ1) is 34.1. The van der Waals surface area contributed by atoms with Crippen LogP contribution >= 0.6 is 0 Å². The minimum absolute atomic E-state index is 0.127. The van der Waals surface area contributed by atoms with Gasteiger partial charge in [0.25, 0.3) is 0 Å². The minimum atomic E-state index is -3.60. The summed E-state index contributed by atoms with van der Waals surface area (Å²) >= 11 is -2.87. The van der Waals surface area contributed by atoms with Crippen LogP contribution in [0.15, 0.2) is 75.7 Å². The van der Waals surface area contributed by atoms with Gasteiger partial charge in [-0.2, -0.15) is 0 Å². The number of nitrogens with zero attached hydrogens (tertiary/aromatic N) is 1. The van der Waals surface area contributed by atoms with Gasteiger partial charge in [-0.1, -0.05) is 0 Å². The molecule has 0 radical (unpaired) electrons. The van der Waals surface area contributed by atoms with Crippen molar-refractivity contribution >= 4 is 34.0 Å². The van der Waals surface area contributed by atoms with Crippen LogP contribution in [0.1, 0.15) is 90.7 Å². The molecule has 226 valence electrons. The van der Waals surface area contributed by atoms with Crippen molar-refractivity contribution in [2.75, 3.05) is 13.1 Å². The van der Waals surface area contributed by atoms with Crippen molar-refractivity contribution in [2.45, 2.75) is 105 Å². The molecule has 5 heteroatoms. The average molecular weight is 685 g/mol. The fraction of sp³-hybridized carbons (Fsp3) is 0.556. The van der Waals surface area contributed by atoms with Gasteiger partial charge in [0, 0.05) is 0 Å². The molecule has 1 aliphatic rings. The first-order chi connectivity index (χ1) is 19.5. The third-order valence-corrected chi connectivity index (χ3v) is 27.2. The van der Waals surface area contributed by atoms with E-state index in [0.29, 0.717) is 18.0 Å². The fourth-order valence-corrected chi connectivity index (χ4v) is 25.1. The molecule has 2 aromatic carbocycles. The van der Waals surface area contributed by atoms with Crippen molar-refractivity contribution < 1.29 is 8.42 Å². The number of hydrogen-bond acceptors (Lipinski definition) is 2. The molecular formula is C36H55NO2SSn. The Kier molecular flexibility index (Phi) is 12.8. The van der Waals surface area contributed by atoms with Gasteiger partial charge in [0.2, 0.25) is 0 Å². The Balaban J connectivity index is 2.10. The molecule has 0 aliphatic carbocycles. The summed E-state index contributed by atoms with van der Waals surface area (Å²) in [5.74, 6) is 0.146. The number of hydrogen-bond donors (Lipinski definition) is 0.